The Kier molecular flexibility index (Phi) is 6.65. The highest BCUT2D eigenvalue weighted by atomic mass is 79.9. The highest BCUT2D eigenvalue weighted by molar-refractivity contribution is 9.10. The predicted molar refractivity (Wildman–Crippen MR) is 127 cm³/mol. The van der Waals surface area contributed by atoms with Gasteiger partial charge in [0.15, 0.2) is 6.61 Å². The second kappa shape index (κ2) is 9.47. The van der Waals surface area contributed by atoms with Crippen molar-refractivity contribution in [2.24, 2.45) is 17.8 Å². The van der Waals surface area contributed by atoms with Gasteiger partial charge in [-0.05, 0) is 80.1 Å². The van der Waals surface area contributed by atoms with E-state index < -0.39 is 18.5 Å². The molecule has 7 nitrogen and oxygen atoms in total. The van der Waals surface area contributed by atoms with Crippen molar-refractivity contribution in [2.75, 3.05) is 16.8 Å². The SMILES string of the molecule is Cc1cc(NC(=O)COC(=O)c2ccc(N3C(=O)[C@H]4C[C@H](C)CC[C@H]4C3=O)cc2)ccc1Br. The van der Waals surface area contributed by atoms with Crippen molar-refractivity contribution in [3.63, 3.8) is 0 Å². The Morgan fingerprint density at radius 2 is 1.76 bits per heavy atom. The molecule has 1 saturated heterocycles. The number of carbonyl (C=O) groups is 4. The van der Waals surface area contributed by atoms with Crippen molar-refractivity contribution in [1.82, 2.24) is 0 Å². The lowest BCUT2D eigenvalue weighted by Gasteiger charge is -2.25. The molecule has 0 spiro atoms. The molecule has 8 heteroatoms. The van der Waals surface area contributed by atoms with Crippen LogP contribution in [-0.4, -0.2) is 30.3 Å². The number of ether oxygens (including phenoxy) is 1. The van der Waals surface area contributed by atoms with Crippen LogP contribution in [0.5, 0.6) is 0 Å². The van der Waals surface area contributed by atoms with Crippen molar-refractivity contribution in [3.8, 4) is 0 Å². The predicted octanol–water partition coefficient (Wildman–Crippen LogP) is 4.48. The molecule has 1 N–H and O–H groups in total. The first-order chi connectivity index (χ1) is 15.7. The average Bonchev–Trinajstić information content (AvgIpc) is 3.04. The van der Waals surface area contributed by atoms with Gasteiger partial charge in [0.1, 0.15) is 0 Å². The molecular formula is C25H25BrN2O5. The Balaban J connectivity index is 1.35. The Labute approximate surface area is 200 Å². The summed E-state index contributed by atoms with van der Waals surface area (Å²) in [4.78, 5) is 51.4. The molecule has 2 aromatic carbocycles. The van der Waals surface area contributed by atoms with Crippen LogP contribution in [-0.2, 0) is 19.1 Å². The molecule has 0 radical (unpaired) electrons. The molecule has 172 valence electrons. The molecule has 3 amide bonds. The minimum Gasteiger partial charge on any atom is -0.452 e. The highest BCUT2D eigenvalue weighted by Gasteiger charge is 2.49. The van der Waals surface area contributed by atoms with Crippen molar-refractivity contribution in [3.05, 3.63) is 58.1 Å². The molecular weight excluding hydrogens is 488 g/mol. The first-order valence-electron chi connectivity index (χ1n) is 11.0. The van der Waals surface area contributed by atoms with Gasteiger partial charge in [0.05, 0.1) is 23.1 Å². The van der Waals surface area contributed by atoms with Crippen molar-refractivity contribution in [2.45, 2.75) is 33.1 Å². The molecule has 1 aliphatic heterocycles. The first kappa shape index (κ1) is 23.2. The number of carbonyl (C=O) groups excluding carboxylic acids is 4. The van der Waals surface area contributed by atoms with E-state index in [0.29, 0.717) is 17.3 Å². The maximum Gasteiger partial charge on any atom is 0.338 e. The van der Waals surface area contributed by atoms with Crippen LogP contribution in [0.15, 0.2) is 46.9 Å². The minimum atomic E-state index is -0.662. The third-order valence-corrected chi connectivity index (χ3v) is 7.21. The maximum atomic E-state index is 12.8. The van der Waals surface area contributed by atoms with Gasteiger partial charge in [0.25, 0.3) is 5.91 Å². The number of nitrogens with one attached hydrogen (secondary N) is 1. The summed E-state index contributed by atoms with van der Waals surface area (Å²) in [6.07, 6.45) is 2.42. The molecule has 4 rings (SSSR count). The van der Waals surface area contributed by atoms with E-state index in [1.54, 1.807) is 24.3 Å². The Morgan fingerprint density at radius 3 is 2.45 bits per heavy atom. The Hall–Kier alpha value is -3.00. The van der Waals surface area contributed by atoms with Crippen LogP contribution >= 0.6 is 15.9 Å². The van der Waals surface area contributed by atoms with E-state index >= 15 is 0 Å². The molecule has 1 saturated carbocycles. The van der Waals surface area contributed by atoms with Crippen molar-refractivity contribution < 1.29 is 23.9 Å². The fourth-order valence-corrected chi connectivity index (χ4v) is 4.77. The molecule has 1 heterocycles. The number of esters is 1. The summed E-state index contributed by atoms with van der Waals surface area (Å²) >= 11 is 3.40. The fraction of sp³-hybridized carbons (Fsp3) is 0.360. The van der Waals surface area contributed by atoms with E-state index in [4.69, 9.17) is 4.74 Å². The van der Waals surface area contributed by atoms with E-state index in [1.807, 2.05) is 13.0 Å². The third-order valence-electron chi connectivity index (χ3n) is 6.32. The summed E-state index contributed by atoms with van der Waals surface area (Å²) in [5, 5.41) is 2.68. The van der Waals surface area contributed by atoms with Gasteiger partial charge in [-0.25, -0.2) is 4.79 Å². The van der Waals surface area contributed by atoms with Crippen LogP contribution < -0.4 is 10.2 Å². The van der Waals surface area contributed by atoms with E-state index in [-0.39, 0.29) is 29.2 Å². The van der Waals surface area contributed by atoms with E-state index in [9.17, 15) is 19.2 Å². The molecule has 2 aliphatic rings. The topological polar surface area (TPSA) is 92.8 Å². The molecule has 1 aliphatic carbocycles. The molecule has 0 bridgehead atoms. The standard InChI is InChI=1S/C25H25BrN2O5/c1-14-3-9-19-20(11-14)24(31)28(23(19)30)18-7-4-16(5-8-18)25(32)33-13-22(29)27-17-6-10-21(26)15(2)12-17/h4-8,10,12,14,19-20H,3,9,11,13H2,1-2H3,(H,27,29)/t14-,19-,20+/m1/s1. The molecule has 3 atom stereocenters. The van der Waals surface area contributed by atoms with E-state index in [1.165, 1.54) is 17.0 Å². The van der Waals surface area contributed by atoms with Gasteiger partial charge in [-0.2, -0.15) is 0 Å². The van der Waals surface area contributed by atoms with Crippen LogP contribution in [0.3, 0.4) is 0 Å². The lowest BCUT2D eigenvalue weighted by Crippen LogP contribution is -2.30. The third kappa shape index (κ3) is 4.85. The number of fused-ring (bicyclic) bond motifs is 1. The number of imide groups is 1. The Morgan fingerprint density at radius 1 is 1.06 bits per heavy atom. The molecule has 2 fully saturated rings. The lowest BCUT2D eigenvalue weighted by molar-refractivity contribution is -0.122. The normalized spacial score (nSPS) is 22.2. The van der Waals surface area contributed by atoms with Gasteiger partial charge >= 0.3 is 5.97 Å². The number of amides is 3. The molecule has 0 aromatic heterocycles. The monoisotopic (exact) mass is 512 g/mol. The average molecular weight is 513 g/mol. The highest BCUT2D eigenvalue weighted by Crippen LogP contribution is 2.42. The quantitative estimate of drug-likeness (QED) is 0.470. The van der Waals surface area contributed by atoms with Gasteiger partial charge in [-0.3, -0.25) is 19.3 Å². The summed E-state index contributed by atoms with van der Waals surface area (Å²) in [7, 11) is 0. The van der Waals surface area contributed by atoms with Crippen LogP contribution in [0.25, 0.3) is 0 Å². The number of nitrogens with zero attached hydrogens (tertiary/aromatic N) is 1. The van der Waals surface area contributed by atoms with Crippen LogP contribution in [0.1, 0.15) is 42.1 Å². The van der Waals surface area contributed by atoms with Crippen LogP contribution in [0.2, 0.25) is 0 Å². The van der Waals surface area contributed by atoms with Gasteiger partial charge in [0, 0.05) is 10.2 Å². The summed E-state index contributed by atoms with van der Waals surface area (Å²) in [5.74, 6) is -1.49. The largest absolute Gasteiger partial charge is 0.452 e. The number of benzene rings is 2. The summed E-state index contributed by atoms with van der Waals surface area (Å²) in [5.41, 5.74) is 2.26. The van der Waals surface area contributed by atoms with Gasteiger partial charge in [0.2, 0.25) is 11.8 Å². The zero-order valence-corrected chi connectivity index (χ0v) is 20.1. The maximum absolute atomic E-state index is 12.8. The molecule has 33 heavy (non-hydrogen) atoms. The smallest absolute Gasteiger partial charge is 0.338 e. The first-order valence-corrected chi connectivity index (χ1v) is 11.7. The fourth-order valence-electron chi connectivity index (χ4n) is 4.52. The summed E-state index contributed by atoms with van der Waals surface area (Å²) in [6, 6.07) is 11.5. The number of hydrogen-bond donors (Lipinski definition) is 1. The van der Waals surface area contributed by atoms with Crippen LogP contribution in [0, 0.1) is 24.7 Å². The van der Waals surface area contributed by atoms with Gasteiger partial charge < -0.3 is 10.1 Å². The van der Waals surface area contributed by atoms with Gasteiger partial charge in [-0.15, -0.1) is 0 Å². The second-order valence-electron chi connectivity index (χ2n) is 8.78. The van der Waals surface area contributed by atoms with Gasteiger partial charge in [-0.1, -0.05) is 22.9 Å². The summed E-state index contributed by atoms with van der Waals surface area (Å²) in [6.45, 7) is 3.58. The lowest BCUT2D eigenvalue weighted by atomic mass is 9.76. The number of aryl methyl sites for hydroxylation is 1. The Bertz CT molecular complexity index is 1110. The van der Waals surface area contributed by atoms with E-state index in [2.05, 4.69) is 28.2 Å². The zero-order chi connectivity index (χ0) is 23.7. The number of hydrogen-bond acceptors (Lipinski definition) is 5. The van der Waals surface area contributed by atoms with Crippen molar-refractivity contribution >= 4 is 51.0 Å². The number of rotatable bonds is 5. The minimum absolute atomic E-state index is 0.160. The zero-order valence-electron chi connectivity index (χ0n) is 18.5. The van der Waals surface area contributed by atoms with Crippen LogP contribution in [0.4, 0.5) is 11.4 Å². The molecule has 2 aromatic rings. The van der Waals surface area contributed by atoms with Crippen molar-refractivity contribution in [1.29, 1.82) is 0 Å². The van der Waals surface area contributed by atoms with E-state index in [0.717, 1.165) is 29.3 Å². The second-order valence-corrected chi connectivity index (χ2v) is 9.63. The number of halogens is 1. The summed E-state index contributed by atoms with van der Waals surface area (Å²) < 4.78 is 6.04. The molecule has 0 unspecified atom stereocenters. The number of anilines is 2.